The summed E-state index contributed by atoms with van der Waals surface area (Å²) in [4.78, 5) is 2.26. The summed E-state index contributed by atoms with van der Waals surface area (Å²) in [5, 5.41) is 9.92. The van der Waals surface area contributed by atoms with E-state index in [9.17, 15) is 9.50 Å². The number of hydrogen-bond donors (Lipinski definition) is 1. The minimum absolute atomic E-state index is 0.0165. The molecule has 0 fully saturated rings. The van der Waals surface area contributed by atoms with Crippen LogP contribution in [0.5, 0.6) is 0 Å². The molecule has 0 radical (unpaired) electrons. The second-order valence-electron chi connectivity index (χ2n) is 7.54. The predicted octanol–water partition coefficient (Wildman–Crippen LogP) is 4.46. The number of hydrogen-bond acceptors (Lipinski definition) is 2. The lowest BCUT2D eigenvalue weighted by Gasteiger charge is -2.38. The molecule has 1 aromatic heterocycles. The normalized spacial score (nSPS) is 14.0. The summed E-state index contributed by atoms with van der Waals surface area (Å²) in [7, 11) is 0. The molecule has 3 nitrogen and oxygen atoms in total. The van der Waals surface area contributed by atoms with Gasteiger partial charge in [-0.1, -0.05) is 38.1 Å². The highest BCUT2D eigenvalue weighted by atomic mass is 19.1. The monoisotopic (exact) mass is 358 g/mol. The van der Waals surface area contributed by atoms with Crippen molar-refractivity contribution in [2.24, 2.45) is 5.92 Å². The quantitative estimate of drug-likeness (QED) is 0.635. The maximum atomic E-state index is 14.0. The highest BCUT2D eigenvalue weighted by molar-refractivity contribution is 5.20. The maximum absolute atomic E-state index is 14.0. The van der Waals surface area contributed by atoms with Crippen molar-refractivity contribution in [3.63, 3.8) is 0 Å². The summed E-state index contributed by atoms with van der Waals surface area (Å²) >= 11 is 0. The Balaban J connectivity index is 2.22. The Morgan fingerprint density at radius 3 is 2.62 bits per heavy atom. The Bertz CT molecular complexity index is 710. The minimum Gasteiger partial charge on any atom is -0.394 e. The van der Waals surface area contributed by atoms with Crippen molar-refractivity contribution in [1.82, 2.24) is 9.47 Å². The third-order valence-electron chi connectivity index (χ3n) is 5.03. The molecule has 142 valence electrons. The third-order valence-corrected chi connectivity index (χ3v) is 5.03. The largest absolute Gasteiger partial charge is 0.394 e. The minimum atomic E-state index is -0.484. The molecular formula is C22H31FN2O. The van der Waals surface area contributed by atoms with Gasteiger partial charge in [0.25, 0.3) is 0 Å². The second-order valence-corrected chi connectivity index (χ2v) is 7.54. The molecule has 1 heterocycles. The molecule has 1 unspecified atom stereocenters. The van der Waals surface area contributed by atoms with Crippen LogP contribution in [0.15, 0.2) is 55.3 Å². The molecule has 0 aliphatic heterocycles. The van der Waals surface area contributed by atoms with Crippen LogP contribution >= 0.6 is 0 Å². The molecule has 26 heavy (non-hydrogen) atoms. The van der Waals surface area contributed by atoms with Crippen molar-refractivity contribution in [1.29, 1.82) is 0 Å². The van der Waals surface area contributed by atoms with Gasteiger partial charge in [0.05, 0.1) is 18.7 Å². The standard InChI is InChI=1S/C22H31FN2O/c1-5-22(4,17-26)25(14-12-18(2)3)16-20-10-8-13-24(20)15-19-9-6-7-11-21(19)23/h5-11,13,18,26H,1,12,14-17H2,2-4H3. The van der Waals surface area contributed by atoms with Crippen molar-refractivity contribution in [3.8, 4) is 0 Å². The maximum Gasteiger partial charge on any atom is 0.128 e. The van der Waals surface area contributed by atoms with Gasteiger partial charge in [-0.2, -0.15) is 0 Å². The summed E-state index contributed by atoms with van der Waals surface area (Å²) < 4.78 is 16.1. The summed E-state index contributed by atoms with van der Waals surface area (Å²) in [6.45, 7) is 12.4. The Morgan fingerprint density at radius 1 is 1.27 bits per heavy atom. The van der Waals surface area contributed by atoms with Gasteiger partial charge in [0.1, 0.15) is 5.82 Å². The molecule has 4 heteroatoms. The summed E-state index contributed by atoms with van der Waals surface area (Å²) in [5.74, 6) is 0.394. The number of nitrogens with zero attached hydrogens (tertiary/aromatic N) is 2. The number of rotatable bonds is 10. The number of aliphatic hydroxyl groups is 1. The lowest BCUT2D eigenvalue weighted by molar-refractivity contribution is 0.0667. The van der Waals surface area contributed by atoms with Gasteiger partial charge in [-0.15, -0.1) is 6.58 Å². The van der Waals surface area contributed by atoms with Gasteiger partial charge < -0.3 is 9.67 Å². The second kappa shape index (κ2) is 9.15. The summed E-state index contributed by atoms with van der Waals surface area (Å²) in [6.07, 6.45) is 4.83. The number of aromatic nitrogens is 1. The Morgan fingerprint density at radius 2 is 2.00 bits per heavy atom. The molecule has 2 aromatic rings. The first-order chi connectivity index (χ1) is 12.4. The fourth-order valence-electron chi connectivity index (χ4n) is 2.98. The zero-order valence-electron chi connectivity index (χ0n) is 16.2. The first-order valence-electron chi connectivity index (χ1n) is 9.26. The Hall–Kier alpha value is -1.91. The molecule has 0 amide bonds. The molecule has 0 saturated heterocycles. The van der Waals surface area contributed by atoms with Crippen molar-refractivity contribution in [2.75, 3.05) is 13.2 Å². The van der Waals surface area contributed by atoms with Crippen molar-refractivity contribution >= 4 is 0 Å². The molecule has 1 aromatic carbocycles. The SMILES string of the molecule is C=CC(C)(CO)N(CCC(C)C)Cc1cccn1Cc1ccccc1F. The molecule has 0 bridgehead atoms. The van der Waals surface area contributed by atoms with E-state index in [1.165, 1.54) is 6.07 Å². The van der Waals surface area contributed by atoms with E-state index in [0.717, 1.165) is 18.7 Å². The lowest BCUT2D eigenvalue weighted by atomic mass is 9.99. The lowest BCUT2D eigenvalue weighted by Crippen LogP contribution is -2.48. The highest BCUT2D eigenvalue weighted by Gasteiger charge is 2.28. The molecule has 0 aliphatic rings. The number of benzene rings is 1. The van der Waals surface area contributed by atoms with Gasteiger partial charge in [-0.3, -0.25) is 4.90 Å². The zero-order valence-corrected chi connectivity index (χ0v) is 16.2. The van der Waals surface area contributed by atoms with Crippen LogP contribution in [0.4, 0.5) is 4.39 Å². The van der Waals surface area contributed by atoms with Crippen LogP contribution in [0.25, 0.3) is 0 Å². The average molecular weight is 359 g/mol. The molecule has 2 rings (SSSR count). The smallest absolute Gasteiger partial charge is 0.128 e. The highest BCUT2D eigenvalue weighted by Crippen LogP contribution is 2.22. The van der Waals surface area contributed by atoms with E-state index in [-0.39, 0.29) is 12.4 Å². The predicted molar refractivity (Wildman–Crippen MR) is 105 cm³/mol. The zero-order chi connectivity index (χ0) is 19.2. The van der Waals surface area contributed by atoms with E-state index in [0.29, 0.717) is 24.6 Å². The van der Waals surface area contributed by atoms with E-state index in [4.69, 9.17) is 0 Å². The average Bonchev–Trinajstić information content (AvgIpc) is 3.06. The number of halogens is 1. The first kappa shape index (κ1) is 20.4. The van der Waals surface area contributed by atoms with Crippen molar-refractivity contribution in [2.45, 2.75) is 45.8 Å². The number of aliphatic hydroxyl groups excluding tert-OH is 1. The van der Waals surface area contributed by atoms with Crippen LogP contribution in [0.2, 0.25) is 0 Å². The van der Waals surface area contributed by atoms with Gasteiger partial charge in [0.15, 0.2) is 0 Å². The van der Waals surface area contributed by atoms with Crippen LogP contribution in [-0.2, 0) is 13.1 Å². The molecule has 0 saturated carbocycles. The topological polar surface area (TPSA) is 28.4 Å². The van der Waals surface area contributed by atoms with Crippen molar-refractivity contribution < 1.29 is 9.50 Å². The third kappa shape index (κ3) is 5.05. The molecule has 1 N–H and O–H groups in total. The van der Waals surface area contributed by atoms with Crippen molar-refractivity contribution in [3.05, 3.63) is 72.3 Å². The van der Waals surface area contributed by atoms with E-state index in [2.05, 4.69) is 36.0 Å². The van der Waals surface area contributed by atoms with Gasteiger partial charge in [-0.05, 0) is 44.0 Å². The van der Waals surface area contributed by atoms with Crippen LogP contribution < -0.4 is 0 Å². The molecule has 0 spiro atoms. The van der Waals surface area contributed by atoms with Gasteiger partial charge in [-0.25, -0.2) is 4.39 Å². The van der Waals surface area contributed by atoms with E-state index in [1.807, 2.05) is 37.4 Å². The summed E-state index contributed by atoms with van der Waals surface area (Å²) in [5.41, 5.74) is 1.29. The Kier molecular flexibility index (Phi) is 7.18. The Labute approximate surface area is 156 Å². The summed E-state index contributed by atoms with van der Waals surface area (Å²) in [6, 6.07) is 10.9. The molecule has 1 atom stereocenters. The van der Waals surface area contributed by atoms with Gasteiger partial charge in [0, 0.05) is 24.0 Å². The van der Waals surface area contributed by atoms with Crippen LogP contribution in [-0.4, -0.2) is 33.3 Å². The first-order valence-corrected chi connectivity index (χ1v) is 9.26. The molecular weight excluding hydrogens is 327 g/mol. The van der Waals surface area contributed by atoms with E-state index < -0.39 is 5.54 Å². The van der Waals surface area contributed by atoms with Crippen LogP contribution in [0, 0.1) is 11.7 Å². The molecule has 0 aliphatic carbocycles. The van der Waals surface area contributed by atoms with E-state index >= 15 is 0 Å². The fraction of sp³-hybridized carbons (Fsp3) is 0.455. The van der Waals surface area contributed by atoms with Crippen LogP contribution in [0.1, 0.15) is 38.4 Å². The van der Waals surface area contributed by atoms with Crippen LogP contribution in [0.3, 0.4) is 0 Å². The van der Waals surface area contributed by atoms with Gasteiger partial charge in [0.2, 0.25) is 0 Å². The van der Waals surface area contributed by atoms with Gasteiger partial charge >= 0.3 is 0 Å². The fourth-order valence-corrected chi connectivity index (χ4v) is 2.98. The van der Waals surface area contributed by atoms with E-state index in [1.54, 1.807) is 6.07 Å².